The van der Waals surface area contributed by atoms with Crippen LogP contribution in [0.2, 0.25) is 0 Å². The number of nitrogens with zero attached hydrogens (tertiary/aromatic N) is 1. The Balaban J connectivity index is 1.44. The largest absolute Gasteiger partial charge is 0.316 e. The summed E-state index contributed by atoms with van der Waals surface area (Å²) in [7, 11) is 0. The van der Waals surface area contributed by atoms with Gasteiger partial charge in [-0.05, 0) is 53.4 Å². The third-order valence-electron chi connectivity index (χ3n) is 6.21. The number of piperidine rings is 1. The van der Waals surface area contributed by atoms with E-state index < -0.39 is 0 Å². The fourth-order valence-electron chi connectivity index (χ4n) is 4.69. The molecule has 3 nitrogen and oxygen atoms in total. The van der Waals surface area contributed by atoms with Gasteiger partial charge in [0.2, 0.25) is 0 Å². The molecule has 1 saturated heterocycles. The highest BCUT2D eigenvalue weighted by Crippen LogP contribution is 2.44. The Morgan fingerprint density at radius 2 is 1.52 bits per heavy atom. The topological polar surface area (TPSA) is 32.3 Å². The van der Waals surface area contributed by atoms with Crippen LogP contribution < -0.4 is 10.2 Å². The summed E-state index contributed by atoms with van der Waals surface area (Å²) in [5.41, 5.74) is 5.72. The van der Waals surface area contributed by atoms with Gasteiger partial charge in [-0.15, -0.1) is 0 Å². The molecule has 3 heteroatoms. The van der Waals surface area contributed by atoms with E-state index in [9.17, 15) is 4.79 Å². The maximum absolute atomic E-state index is 13.2. The molecule has 0 radical (unpaired) electrons. The Labute approximate surface area is 183 Å². The van der Waals surface area contributed by atoms with Crippen molar-refractivity contribution in [1.82, 2.24) is 5.32 Å². The smallest absolute Gasteiger partial charge is 0.251 e. The monoisotopic (exact) mass is 406 g/mol. The number of amides is 1. The van der Waals surface area contributed by atoms with Gasteiger partial charge < -0.3 is 10.2 Å². The molecule has 2 aliphatic heterocycles. The summed E-state index contributed by atoms with van der Waals surface area (Å²) in [5.74, 6) is 0.398. The van der Waals surface area contributed by atoms with Gasteiger partial charge in [0.15, 0.2) is 0 Å². The maximum Gasteiger partial charge on any atom is 0.251 e. The molecule has 2 atom stereocenters. The molecule has 3 aromatic carbocycles. The maximum atomic E-state index is 13.2. The molecule has 0 aromatic heterocycles. The zero-order valence-electron chi connectivity index (χ0n) is 17.4. The number of benzene rings is 3. The van der Waals surface area contributed by atoms with Crippen molar-refractivity contribution >= 4 is 29.8 Å². The van der Waals surface area contributed by atoms with Gasteiger partial charge in [0.1, 0.15) is 0 Å². The van der Waals surface area contributed by atoms with Crippen molar-refractivity contribution in [2.24, 2.45) is 0 Å². The molecule has 0 unspecified atom stereocenters. The quantitative estimate of drug-likeness (QED) is 0.467. The summed E-state index contributed by atoms with van der Waals surface area (Å²) in [6, 6.07) is 27.0. The van der Waals surface area contributed by atoms with E-state index in [0.29, 0.717) is 5.92 Å². The predicted octanol–water partition coefficient (Wildman–Crippen LogP) is 5.36. The van der Waals surface area contributed by atoms with Crippen LogP contribution in [0.1, 0.15) is 34.6 Å². The number of hydrogen-bond donors (Lipinski definition) is 1. The van der Waals surface area contributed by atoms with Gasteiger partial charge in [-0.2, -0.15) is 0 Å². The number of anilines is 1. The average molecular weight is 407 g/mol. The highest BCUT2D eigenvalue weighted by molar-refractivity contribution is 6.06. The van der Waals surface area contributed by atoms with Crippen molar-refractivity contribution in [2.75, 3.05) is 18.0 Å². The van der Waals surface area contributed by atoms with Crippen molar-refractivity contribution < 1.29 is 4.79 Å². The Morgan fingerprint density at radius 1 is 0.839 bits per heavy atom. The molecule has 0 bridgehead atoms. The molecule has 5 rings (SSSR count). The average Bonchev–Trinajstić information content (AvgIpc) is 3.16. The van der Waals surface area contributed by atoms with Crippen molar-refractivity contribution in [3.63, 3.8) is 0 Å². The highest BCUT2D eigenvalue weighted by Gasteiger charge is 2.42. The molecule has 2 heterocycles. The molecule has 1 N–H and O–H groups in total. The van der Waals surface area contributed by atoms with Gasteiger partial charge in [0.05, 0.1) is 0 Å². The summed E-state index contributed by atoms with van der Waals surface area (Å²) in [6.45, 7) is 1.86. The normalized spacial score (nSPS) is 20.2. The fourth-order valence-corrected chi connectivity index (χ4v) is 4.69. The fraction of sp³-hybridized carbons (Fsp3) is 0.179. The molecule has 31 heavy (non-hydrogen) atoms. The summed E-state index contributed by atoms with van der Waals surface area (Å²) >= 11 is 0. The second kappa shape index (κ2) is 8.75. The van der Waals surface area contributed by atoms with Crippen LogP contribution in [-0.4, -0.2) is 25.0 Å². The number of hydrogen-bond acceptors (Lipinski definition) is 2. The van der Waals surface area contributed by atoms with Crippen LogP contribution in [0.25, 0.3) is 18.2 Å². The van der Waals surface area contributed by atoms with Crippen molar-refractivity contribution in [3.8, 4) is 0 Å². The van der Waals surface area contributed by atoms with E-state index in [1.54, 1.807) is 6.08 Å². The predicted molar refractivity (Wildman–Crippen MR) is 129 cm³/mol. The molecule has 0 saturated carbocycles. The molecule has 0 aliphatic carbocycles. The zero-order chi connectivity index (χ0) is 21.0. The van der Waals surface area contributed by atoms with Crippen LogP contribution in [0, 0.1) is 0 Å². The van der Waals surface area contributed by atoms with Crippen LogP contribution in [0.15, 0.2) is 84.9 Å². The minimum absolute atomic E-state index is 0.0621. The zero-order valence-corrected chi connectivity index (χ0v) is 17.4. The van der Waals surface area contributed by atoms with Crippen LogP contribution in [0.4, 0.5) is 5.69 Å². The minimum Gasteiger partial charge on any atom is -0.316 e. The van der Waals surface area contributed by atoms with Crippen LogP contribution >= 0.6 is 0 Å². The summed E-state index contributed by atoms with van der Waals surface area (Å²) in [6.07, 6.45) is 8.89. The molecular formula is C28H26N2O. The Bertz CT molecular complexity index is 1120. The summed E-state index contributed by atoms with van der Waals surface area (Å²) in [4.78, 5) is 15.3. The lowest BCUT2D eigenvalue weighted by Crippen LogP contribution is -2.46. The SMILES string of the molecule is O=C(/C=C/c1ccccc1)N1c2ccc(/C=C/c3ccccc3)cc2[C@H]2CNCC[C@H]21. The van der Waals surface area contributed by atoms with E-state index in [1.807, 2.05) is 59.5 Å². The second-order valence-electron chi connectivity index (χ2n) is 8.18. The van der Waals surface area contributed by atoms with E-state index >= 15 is 0 Å². The van der Waals surface area contributed by atoms with E-state index in [0.717, 1.165) is 30.8 Å². The van der Waals surface area contributed by atoms with Gasteiger partial charge in [-0.25, -0.2) is 0 Å². The van der Waals surface area contributed by atoms with E-state index in [4.69, 9.17) is 0 Å². The number of carbonyl (C=O) groups is 1. The third-order valence-corrected chi connectivity index (χ3v) is 6.21. The number of carbonyl (C=O) groups excluding carboxylic acids is 1. The first-order chi connectivity index (χ1) is 15.3. The Hall–Kier alpha value is -3.43. The molecule has 0 spiro atoms. The van der Waals surface area contributed by atoms with E-state index in [2.05, 4.69) is 47.8 Å². The van der Waals surface area contributed by atoms with Crippen molar-refractivity contribution in [1.29, 1.82) is 0 Å². The van der Waals surface area contributed by atoms with Crippen molar-refractivity contribution in [2.45, 2.75) is 18.4 Å². The van der Waals surface area contributed by atoms with Gasteiger partial charge in [0, 0.05) is 30.3 Å². The number of rotatable bonds is 4. The van der Waals surface area contributed by atoms with Crippen LogP contribution in [-0.2, 0) is 4.79 Å². The molecule has 3 aromatic rings. The lowest BCUT2D eigenvalue weighted by Gasteiger charge is -2.32. The molecular weight excluding hydrogens is 380 g/mol. The molecule has 1 amide bonds. The summed E-state index contributed by atoms with van der Waals surface area (Å²) in [5, 5.41) is 3.52. The summed E-state index contributed by atoms with van der Waals surface area (Å²) < 4.78 is 0. The number of nitrogens with one attached hydrogen (secondary N) is 1. The van der Waals surface area contributed by atoms with Crippen molar-refractivity contribution in [3.05, 3.63) is 107 Å². The van der Waals surface area contributed by atoms with E-state index in [1.165, 1.54) is 16.7 Å². The first-order valence-corrected chi connectivity index (χ1v) is 10.9. The lowest BCUT2D eigenvalue weighted by atomic mass is 9.89. The van der Waals surface area contributed by atoms with Gasteiger partial charge in [-0.3, -0.25) is 4.79 Å². The minimum atomic E-state index is 0.0621. The lowest BCUT2D eigenvalue weighted by molar-refractivity contribution is -0.114. The Kier molecular flexibility index (Phi) is 5.51. The number of fused-ring (bicyclic) bond motifs is 3. The first kappa shape index (κ1) is 19.5. The molecule has 154 valence electrons. The standard InChI is InChI=1S/C28H26N2O/c31-28(16-14-22-9-5-2-6-10-22)30-26-15-13-23(12-11-21-7-3-1-4-8-21)19-24(26)25-20-29-18-17-27(25)30/h1-16,19,25,27,29H,17-18,20H2/b12-11+,16-14+/t25-,27-/m1/s1. The second-order valence-corrected chi connectivity index (χ2v) is 8.18. The third kappa shape index (κ3) is 4.10. The Morgan fingerprint density at radius 3 is 2.26 bits per heavy atom. The molecule has 1 fully saturated rings. The molecule has 2 aliphatic rings. The van der Waals surface area contributed by atoms with Gasteiger partial charge in [-0.1, -0.05) is 78.9 Å². The first-order valence-electron chi connectivity index (χ1n) is 10.9. The van der Waals surface area contributed by atoms with Gasteiger partial charge in [0.25, 0.3) is 5.91 Å². The van der Waals surface area contributed by atoms with Gasteiger partial charge >= 0.3 is 0 Å². The highest BCUT2D eigenvalue weighted by atomic mass is 16.2. The van der Waals surface area contributed by atoms with Crippen LogP contribution in [0.3, 0.4) is 0 Å². The van der Waals surface area contributed by atoms with E-state index in [-0.39, 0.29) is 11.9 Å². The van der Waals surface area contributed by atoms with Crippen LogP contribution in [0.5, 0.6) is 0 Å².